The zero-order valence-electron chi connectivity index (χ0n) is 11.9. The minimum absolute atomic E-state index is 0.261. The van der Waals surface area contributed by atoms with Crippen molar-refractivity contribution in [2.45, 2.75) is 19.9 Å². The molecule has 0 unspecified atom stereocenters. The first-order valence-corrected chi connectivity index (χ1v) is 7.58. The second-order valence-corrected chi connectivity index (χ2v) is 5.59. The summed E-state index contributed by atoms with van der Waals surface area (Å²) in [6, 6.07) is 0. The van der Waals surface area contributed by atoms with E-state index in [-0.39, 0.29) is 5.69 Å². The van der Waals surface area contributed by atoms with Crippen LogP contribution in [0.3, 0.4) is 0 Å². The molecule has 1 N–H and O–H groups in total. The van der Waals surface area contributed by atoms with Crippen LogP contribution in [0.1, 0.15) is 22.7 Å². The summed E-state index contributed by atoms with van der Waals surface area (Å²) in [4.78, 5) is 27.4. The Kier molecular flexibility index (Phi) is 4.19. The SMILES string of the molecule is Cc1nccn1CCCOC(=O)c1ncnc2[nH]cc(Br)c12. The molecule has 0 atom stereocenters. The molecule has 8 heteroatoms. The molecular weight excluding hydrogens is 350 g/mol. The lowest BCUT2D eigenvalue weighted by Gasteiger charge is -2.07. The normalized spacial score (nSPS) is 11.0. The number of hydrogen-bond donors (Lipinski definition) is 1. The van der Waals surface area contributed by atoms with E-state index in [0.717, 1.165) is 16.8 Å². The summed E-state index contributed by atoms with van der Waals surface area (Å²) in [5.74, 6) is 0.496. The number of aromatic nitrogens is 5. The van der Waals surface area contributed by atoms with Gasteiger partial charge in [-0.05, 0) is 29.3 Å². The van der Waals surface area contributed by atoms with Gasteiger partial charge in [-0.15, -0.1) is 0 Å². The summed E-state index contributed by atoms with van der Waals surface area (Å²) < 4.78 is 8.05. The number of rotatable bonds is 5. The molecule has 0 amide bonds. The zero-order valence-corrected chi connectivity index (χ0v) is 13.5. The van der Waals surface area contributed by atoms with E-state index in [1.165, 1.54) is 6.33 Å². The number of carbonyl (C=O) groups excluding carboxylic acids is 1. The van der Waals surface area contributed by atoms with Crippen molar-refractivity contribution in [2.75, 3.05) is 6.61 Å². The van der Waals surface area contributed by atoms with Crippen LogP contribution in [0.2, 0.25) is 0 Å². The lowest BCUT2D eigenvalue weighted by Crippen LogP contribution is -2.11. The largest absolute Gasteiger partial charge is 0.461 e. The van der Waals surface area contributed by atoms with Gasteiger partial charge < -0.3 is 14.3 Å². The number of ether oxygens (including phenoxy) is 1. The first kappa shape index (κ1) is 14.7. The molecule has 22 heavy (non-hydrogen) atoms. The van der Waals surface area contributed by atoms with E-state index in [4.69, 9.17) is 4.74 Å². The highest BCUT2D eigenvalue weighted by Crippen LogP contribution is 2.24. The van der Waals surface area contributed by atoms with Crippen LogP contribution in [-0.2, 0) is 11.3 Å². The number of H-pyrrole nitrogens is 1. The molecule has 0 saturated carbocycles. The molecule has 3 aromatic rings. The van der Waals surface area contributed by atoms with Crippen LogP contribution in [0.5, 0.6) is 0 Å². The Labute approximate surface area is 134 Å². The average molecular weight is 364 g/mol. The van der Waals surface area contributed by atoms with Crippen molar-refractivity contribution in [3.05, 3.63) is 40.9 Å². The second kappa shape index (κ2) is 6.27. The molecule has 3 rings (SSSR count). The van der Waals surface area contributed by atoms with Gasteiger partial charge in [0.05, 0.1) is 12.0 Å². The van der Waals surface area contributed by atoms with Crippen molar-refractivity contribution in [3.63, 3.8) is 0 Å². The van der Waals surface area contributed by atoms with E-state index >= 15 is 0 Å². The van der Waals surface area contributed by atoms with Gasteiger partial charge in [-0.25, -0.2) is 19.7 Å². The first-order valence-electron chi connectivity index (χ1n) is 6.79. The van der Waals surface area contributed by atoms with Gasteiger partial charge in [-0.1, -0.05) is 0 Å². The lowest BCUT2D eigenvalue weighted by atomic mass is 10.3. The molecule has 0 aliphatic heterocycles. The maximum absolute atomic E-state index is 12.2. The smallest absolute Gasteiger partial charge is 0.357 e. The van der Waals surface area contributed by atoms with Crippen LogP contribution >= 0.6 is 15.9 Å². The highest BCUT2D eigenvalue weighted by molar-refractivity contribution is 9.10. The zero-order chi connectivity index (χ0) is 15.5. The number of halogens is 1. The van der Waals surface area contributed by atoms with E-state index in [2.05, 4.69) is 35.9 Å². The predicted octanol–water partition coefficient (Wildman–Crippen LogP) is 2.47. The van der Waals surface area contributed by atoms with Gasteiger partial charge in [0.2, 0.25) is 0 Å². The van der Waals surface area contributed by atoms with Crippen molar-refractivity contribution < 1.29 is 9.53 Å². The number of nitrogens with one attached hydrogen (secondary N) is 1. The molecule has 0 radical (unpaired) electrons. The minimum Gasteiger partial charge on any atom is -0.461 e. The van der Waals surface area contributed by atoms with Gasteiger partial charge in [0.1, 0.15) is 17.8 Å². The summed E-state index contributed by atoms with van der Waals surface area (Å²) in [5, 5.41) is 0.637. The fourth-order valence-corrected chi connectivity index (χ4v) is 2.68. The Hall–Kier alpha value is -2.22. The number of aromatic amines is 1. The molecule has 0 aliphatic rings. The van der Waals surface area contributed by atoms with Gasteiger partial charge in [0, 0.05) is 29.6 Å². The van der Waals surface area contributed by atoms with Gasteiger partial charge in [-0.3, -0.25) is 0 Å². The molecule has 0 aliphatic carbocycles. The number of carbonyl (C=O) groups is 1. The monoisotopic (exact) mass is 363 g/mol. The Bertz CT molecular complexity index is 811. The molecule has 0 bridgehead atoms. The summed E-state index contributed by atoms with van der Waals surface area (Å²) in [6.45, 7) is 3.02. The number of imidazole rings is 1. The second-order valence-electron chi connectivity index (χ2n) is 4.74. The number of fused-ring (bicyclic) bond motifs is 1. The molecule has 7 nitrogen and oxygen atoms in total. The maximum Gasteiger partial charge on any atom is 0.357 e. The molecule has 0 saturated heterocycles. The molecule has 3 heterocycles. The van der Waals surface area contributed by atoms with Crippen molar-refractivity contribution >= 4 is 32.9 Å². The Morgan fingerprint density at radius 2 is 2.27 bits per heavy atom. The highest BCUT2D eigenvalue weighted by Gasteiger charge is 2.17. The van der Waals surface area contributed by atoms with Gasteiger partial charge in [0.25, 0.3) is 0 Å². The number of nitrogens with zero attached hydrogens (tertiary/aromatic N) is 4. The van der Waals surface area contributed by atoms with Crippen LogP contribution in [0, 0.1) is 6.92 Å². The van der Waals surface area contributed by atoms with Crippen molar-refractivity contribution in [3.8, 4) is 0 Å². The molecule has 0 aromatic carbocycles. The number of aryl methyl sites for hydroxylation is 2. The van der Waals surface area contributed by atoms with Gasteiger partial charge in [-0.2, -0.15) is 0 Å². The third-order valence-corrected chi connectivity index (χ3v) is 3.94. The topological polar surface area (TPSA) is 85.7 Å². The van der Waals surface area contributed by atoms with Crippen LogP contribution in [-0.4, -0.2) is 37.1 Å². The molecule has 0 fully saturated rings. The molecule has 114 valence electrons. The summed E-state index contributed by atoms with van der Waals surface area (Å²) in [7, 11) is 0. The third-order valence-electron chi connectivity index (χ3n) is 3.32. The van der Waals surface area contributed by atoms with Crippen LogP contribution < -0.4 is 0 Å². The molecular formula is C14H14BrN5O2. The van der Waals surface area contributed by atoms with E-state index in [1.54, 1.807) is 12.4 Å². The summed E-state index contributed by atoms with van der Waals surface area (Å²) in [5.41, 5.74) is 0.861. The summed E-state index contributed by atoms with van der Waals surface area (Å²) >= 11 is 3.37. The average Bonchev–Trinajstić information content (AvgIpc) is 3.10. The minimum atomic E-state index is -0.449. The van der Waals surface area contributed by atoms with E-state index < -0.39 is 5.97 Å². The maximum atomic E-state index is 12.2. The summed E-state index contributed by atoms with van der Waals surface area (Å²) in [6.07, 6.45) is 7.44. The third kappa shape index (κ3) is 2.87. The fraction of sp³-hybridized carbons (Fsp3) is 0.286. The first-order chi connectivity index (χ1) is 10.7. The van der Waals surface area contributed by atoms with Gasteiger partial charge in [0.15, 0.2) is 5.69 Å². The molecule has 3 aromatic heterocycles. The predicted molar refractivity (Wildman–Crippen MR) is 83.5 cm³/mol. The van der Waals surface area contributed by atoms with Crippen LogP contribution in [0.4, 0.5) is 0 Å². The number of esters is 1. The number of hydrogen-bond acceptors (Lipinski definition) is 5. The standard InChI is InChI=1S/C14H14BrN5O2/c1-9-16-3-5-20(9)4-2-6-22-14(21)12-11-10(15)7-17-13(11)19-8-18-12/h3,5,7-8H,2,4,6H2,1H3,(H,17,18,19). The van der Waals surface area contributed by atoms with Gasteiger partial charge >= 0.3 is 5.97 Å². The van der Waals surface area contributed by atoms with Crippen LogP contribution in [0.25, 0.3) is 11.0 Å². The lowest BCUT2D eigenvalue weighted by molar-refractivity contribution is 0.0491. The Balaban J connectivity index is 1.62. The van der Waals surface area contributed by atoms with E-state index in [0.29, 0.717) is 24.1 Å². The Morgan fingerprint density at radius 1 is 1.41 bits per heavy atom. The quantitative estimate of drug-likeness (QED) is 0.555. The van der Waals surface area contributed by atoms with Crippen molar-refractivity contribution in [1.82, 2.24) is 24.5 Å². The fourth-order valence-electron chi connectivity index (χ4n) is 2.19. The van der Waals surface area contributed by atoms with E-state index in [9.17, 15) is 4.79 Å². The van der Waals surface area contributed by atoms with Crippen LogP contribution in [0.15, 0.2) is 29.4 Å². The van der Waals surface area contributed by atoms with Crippen molar-refractivity contribution in [2.24, 2.45) is 0 Å². The highest BCUT2D eigenvalue weighted by atomic mass is 79.9. The van der Waals surface area contributed by atoms with Crippen molar-refractivity contribution in [1.29, 1.82) is 0 Å². The van der Waals surface area contributed by atoms with E-state index in [1.807, 2.05) is 17.7 Å². The molecule has 0 spiro atoms. The Morgan fingerprint density at radius 3 is 3.05 bits per heavy atom.